The summed E-state index contributed by atoms with van der Waals surface area (Å²) in [6.45, 7) is 5.19. The number of likely N-dealkylation sites (N-methyl/N-ethyl adjacent to an activating group) is 1. The topological polar surface area (TPSA) is 131 Å². The molecule has 1 amide bonds. The number of aromatic nitrogens is 4. The number of carbonyl (C=O) groups is 1. The molecule has 1 aliphatic heterocycles. The van der Waals surface area contributed by atoms with E-state index in [-0.39, 0.29) is 18.1 Å². The zero-order chi connectivity index (χ0) is 33.6. The van der Waals surface area contributed by atoms with E-state index >= 15 is 0 Å². The van der Waals surface area contributed by atoms with Crippen molar-refractivity contribution >= 4 is 23.4 Å². The third-order valence-corrected chi connectivity index (χ3v) is 9.34. The SMILES string of the molecule is CN1CCN(Cc2ccc(-c3cnc(Nc4ccc(C#Cc5cc(C(=O)NC6CC6)ccn5)cc4)nc3NC3CCC(O)CC3)nc2)CC1. The van der Waals surface area contributed by atoms with Gasteiger partial charge in [-0.05, 0) is 99.5 Å². The summed E-state index contributed by atoms with van der Waals surface area (Å²) in [4.78, 5) is 35.9. The smallest absolute Gasteiger partial charge is 0.251 e. The molecule has 0 bridgehead atoms. The molecule has 7 rings (SSSR count). The third kappa shape index (κ3) is 8.97. The first-order valence-corrected chi connectivity index (χ1v) is 17.3. The number of anilines is 3. The third-order valence-electron chi connectivity index (χ3n) is 9.34. The van der Waals surface area contributed by atoms with E-state index in [2.05, 4.69) is 66.7 Å². The second-order valence-electron chi connectivity index (χ2n) is 13.4. The van der Waals surface area contributed by atoms with Crippen molar-refractivity contribution in [2.45, 2.75) is 63.3 Å². The van der Waals surface area contributed by atoms with Crippen molar-refractivity contribution in [1.29, 1.82) is 0 Å². The second-order valence-corrected chi connectivity index (χ2v) is 13.4. The fraction of sp³-hybridized carbons (Fsp3) is 0.395. The molecular formula is C38H43N9O2. The number of carbonyl (C=O) groups excluding carboxylic acids is 1. The lowest BCUT2D eigenvalue weighted by molar-refractivity contribution is 0.0951. The summed E-state index contributed by atoms with van der Waals surface area (Å²) in [7, 11) is 2.17. The fourth-order valence-electron chi connectivity index (χ4n) is 6.13. The van der Waals surface area contributed by atoms with Gasteiger partial charge in [0.05, 0.1) is 17.4 Å². The highest BCUT2D eigenvalue weighted by atomic mass is 16.3. The van der Waals surface area contributed by atoms with Crippen molar-refractivity contribution in [3.8, 4) is 23.1 Å². The van der Waals surface area contributed by atoms with Crippen LogP contribution < -0.4 is 16.0 Å². The molecule has 2 saturated carbocycles. The van der Waals surface area contributed by atoms with Gasteiger partial charge in [-0.15, -0.1) is 0 Å². The van der Waals surface area contributed by atoms with Gasteiger partial charge in [0.25, 0.3) is 5.91 Å². The number of piperazine rings is 1. The standard InChI is InChI=1S/C38H43N9O2/c1-46-18-20-47(21-19-46)25-27-5-15-35(40-23-27)34-24-41-38(45-36(34)42-29-11-13-33(48)14-12-29)44-31-6-2-26(3-7-31)4-8-32-22-28(16-17-39-32)37(49)43-30-9-10-30/h2-3,5-7,15-17,22-24,29-30,33,48H,9-14,18-21,25H2,1H3,(H,43,49)(H2,41,42,44,45). The molecule has 4 aromatic rings. The van der Waals surface area contributed by atoms with Gasteiger partial charge in [0.1, 0.15) is 11.5 Å². The van der Waals surface area contributed by atoms with Gasteiger partial charge in [-0.2, -0.15) is 4.98 Å². The molecule has 0 atom stereocenters. The minimum absolute atomic E-state index is 0.0830. The fourth-order valence-corrected chi connectivity index (χ4v) is 6.13. The molecule has 3 fully saturated rings. The molecule has 1 saturated heterocycles. The number of nitrogens with one attached hydrogen (secondary N) is 3. The lowest BCUT2D eigenvalue weighted by Gasteiger charge is -2.32. The maximum Gasteiger partial charge on any atom is 0.251 e. The van der Waals surface area contributed by atoms with Crippen molar-refractivity contribution in [3.05, 3.63) is 89.5 Å². The Labute approximate surface area is 287 Å². The van der Waals surface area contributed by atoms with Crippen LogP contribution in [-0.2, 0) is 6.54 Å². The molecular weight excluding hydrogens is 614 g/mol. The van der Waals surface area contributed by atoms with Crippen LogP contribution in [0.3, 0.4) is 0 Å². The summed E-state index contributed by atoms with van der Waals surface area (Å²) in [6.07, 6.45) is 10.5. The Morgan fingerprint density at radius 3 is 2.39 bits per heavy atom. The van der Waals surface area contributed by atoms with Crippen LogP contribution in [0.1, 0.15) is 65.7 Å². The number of aliphatic hydroxyl groups is 1. The number of nitrogens with zero attached hydrogens (tertiary/aromatic N) is 6. The highest BCUT2D eigenvalue weighted by Crippen LogP contribution is 2.30. The normalized spacial score (nSPS) is 19.8. The van der Waals surface area contributed by atoms with Crippen LogP contribution >= 0.6 is 0 Å². The number of hydrogen-bond acceptors (Lipinski definition) is 10. The zero-order valence-corrected chi connectivity index (χ0v) is 27.9. The van der Waals surface area contributed by atoms with E-state index in [0.717, 1.165) is 99.6 Å². The van der Waals surface area contributed by atoms with Crippen LogP contribution in [0.2, 0.25) is 0 Å². The van der Waals surface area contributed by atoms with Crippen LogP contribution in [0.25, 0.3) is 11.3 Å². The molecule has 0 unspecified atom stereocenters. The largest absolute Gasteiger partial charge is 0.393 e. The van der Waals surface area contributed by atoms with E-state index in [1.165, 1.54) is 5.56 Å². The van der Waals surface area contributed by atoms with Gasteiger partial charge < -0.3 is 26.0 Å². The van der Waals surface area contributed by atoms with Gasteiger partial charge in [-0.25, -0.2) is 9.97 Å². The predicted octanol–water partition coefficient (Wildman–Crippen LogP) is 4.43. The van der Waals surface area contributed by atoms with Crippen LogP contribution in [0, 0.1) is 11.8 Å². The van der Waals surface area contributed by atoms with Gasteiger partial charge in [0.15, 0.2) is 0 Å². The monoisotopic (exact) mass is 657 g/mol. The first-order valence-electron chi connectivity index (χ1n) is 17.3. The number of hydrogen-bond donors (Lipinski definition) is 4. The predicted molar refractivity (Wildman–Crippen MR) is 190 cm³/mol. The van der Waals surface area contributed by atoms with E-state index in [0.29, 0.717) is 23.2 Å². The molecule has 3 aliphatic rings. The maximum atomic E-state index is 12.4. The quantitative estimate of drug-likeness (QED) is 0.192. The minimum atomic E-state index is -0.234. The molecule has 11 heteroatoms. The molecule has 0 spiro atoms. The molecule has 49 heavy (non-hydrogen) atoms. The van der Waals surface area contributed by atoms with E-state index in [9.17, 15) is 9.90 Å². The molecule has 0 radical (unpaired) electrons. The van der Waals surface area contributed by atoms with Gasteiger partial charge in [0.2, 0.25) is 5.95 Å². The van der Waals surface area contributed by atoms with E-state index in [4.69, 9.17) is 9.97 Å². The van der Waals surface area contributed by atoms with Crippen molar-refractivity contribution < 1.29 is 9.90 Å². The molecule has 3 aromatic heterocycles. The Hall–Kier alpha value is -4.89. The number of pyridine rings is 2. The van der Waals surface area contributed by atoms with Crippen molar-refractivity contribution in [3.63, 3.8) is 0 Å². The number of rotatable bonds is 9. The van der Waals surface area contributed by atoms with E-state index in [1.54, 1.807) is 18.3 Å². The summed E-state index contributed by atoms with van der Waals surface area (Å²) in [6, 6.07) is 15.9. The van der Waals surface area contributed by atoms with Crippen molar-refractivity contribution in [2.24, 2.45) is 0 Å². The summed E-state index contributed by atoms with van der Waals surface area (Å²) in [5.74, 6) is 7.32. The second kappa shape index (κ2) is 15.1. The minimum Gasteiger partial charge on any atom is -0.393 e. The summed E-state index contributed by atoms with van der Waals surface area (Å²) in [5, 5.41) is 20.0. The average Bonchev–Trinajstić information content (AvgIpc) is 3.95. The maximum absolute atomic E-state index is 12.4. The lowest BCUT2D eigenvalue weighted by atomic mass is 9.93. The molecule has 2 aliphatic carbocycles. The molecule has 252 valence electrons. The molecule has 4 N–H and O–H groups in total. The van der Waals surface area contributed by atoms with Crippen LogP contribution in [0.5, 0.6) is 0 Å². The molecule has 1 aromatic carbocycles. The summed E-state index contributed by atoms with van der Waals surface area (Å²) >= 11 is 0. The van der Waals surface area contributed by atoms with Crippen molar-refractivity contribution in [2.75, 3.05) is 43.9 Å². The van der Waals surface area contributed by atoms with Gasteiger partial charge >= 0.3 is 0 Å². The first kappa shape index (κ1) is 32.6. The Balaban J connectivity index is 1.04. The summed E-state index contributed by atoms with van der Waals surface area (Å²) in [5.41, 5.74) is 5.62. The number of aliphatic hydroxyl groups excluding tert-OH is 1. The van der Waals surface area contributed by atoms with Crippen LogP contribution in [0.4, 0.5) is 17.5 Å². The Bertz CT molecular complexity index is 1800. The number of amides is 1. The molecule has 4 heterocycles. The lowest BCUT2D eigenvalue weighted by Crippen LogP contribution is -2.43. The van der Waals surface area contributed by atoms with E-state index in [1.807, 2.05) is 36.7 Å². The zero-order valence-electron chi connectivity index (χ0n) is 27.9. The first-order chi connectivity index (χ1) is 23.9. The Kier molecular flexibility index (Phi) is 10.1. The Morgan fingerprint density at radius 1 is 0.878 bits per heavy atom. The van der Waals surface area contributed by atoms with Crippen molar-refractivity contribution in [1.82, 2.24) is 35.1 Å². The van der Waals surface area contributed by atoms with Gasteiger partial charge in [0, 0.05) is 80.2 Å². The highest BCUT2D eigenvalue weighted by molar-refractivity contribution is 5.94. The number of benzene rings is 1. The highest BCUT2D eigenvalue weighted by Gasteiger charge is 2.24. The average molecular weight is 658 g/mol. The van der Waals surface area contributed by atoms with Crippen LogP contribution in [0.15, 0.2) is 67.1 Å². The van der Waals surface area contributed by atoms with Gasteiger partial charge in [-0.1, -0.05) is 12.0 Å². The van der Waals surface area contributed by atoms with Gasteiger partial charge in [-0.3, -0.25) is 14.7 Å². The van der Waals surface area contributed by atoms with Crippen LogP contribution in [-0.4, -0.2) is 92.2 Å². The molecule has 11 nitrogen and oxygen atoms in total. The van der Waals surface area contributed by atoms with E-state index < -0.39 is 0 Å². The summed E-state index contributed by atoms with van der Waals surface area (Å²) < 4.78 is 0. The Morgan fingerprint density at radius 2 is 1.65 bits per heavy atom.